The van der Waals surface area contributed by atoms with E-state index in [2.05, 4.69) is 35.9 Å². The highest BCUT2D eigenvalue weighted by molar-refractivity contribution is 9.09. The molecule has 6 atom stereocenters. The van der Waals surface area contributed by atoms with Gasteiger partial charge in [-0.3, -0.25) is 14.4 Å². The number of carbonyl (C=O) groups is 3. The summed E-state index contributed by atoms with van der Waals surface area (Å²) in [5.41, 5.74) is -0.103. The molecule has 4 rings (SSSR count). The second-order valence-corrected chi connectivity index (χ2v) is 9.76. The van der Waals surface area contributed by atoms with Gasteiger partial charge < -0.3 is 4.74 Å². The highest BCUT2D eigenvalue weighted by atomic mass is 79.9. The van der Waals surface area contributed by atoms with Crippen LogP contribution in [0, 0.1) is 28.6 Å². The molecule has 3 saturated carbocycles. The van der Waals surface area contributed by atoms with Gasteiger partial charge in [-0.05, 0) is 68.4 Å². The van der Waals surface area contributed by atoms with Crippen molar-refractivity contribution in [3.05, 3.63) is 23.8 Å². The lowest BCUT2D eigenvalue weighted by atomic mass is 9.47. The lowest BCUT2D eigenvalue weighted by Gasteiger charge is -2.58. The minimum Gasteiger partial charge on any atom is -0.453 e. The van der Waals surface area contributed by atoms with E-state index in [-0.39, 0.29) is 27.7 Å². The summed E-state index contributed by atoms with van der Waals surface area (Å²) in [6, 6.07) is 0. The summed E-state index contributed by atoms with van der Waals surface area (Å²) in [4.78, 5) is 36.1. The van der Waals surface area contributed by atoms with Gasteiger partial charge in [-0.1, -0.05) is 41.4 Å². The summed E-state index contributed by atoms with van der Waals surface area (Å²) < 4.78 is 5.61. The van der Waals surface area contributed by atoms with Crippen molar-refractivity contribution in [3.63, 3.8) is 0 Å². The maximum Gasteiger partial charge on any atom is 0.294 e. The summed E-state index contributed by atoms with van der Waals surface area (Å²) in [5, 5.41) is 0.215. The zero-order chi connectivity index (χ0) is 19.4. The molecular weight excluding hydrogens is 408 g/mol. The summed E-state index contributed by atoms with van der Waals surface area (Å²) in [7, 11) is 0. The van der Waals surface area contributed by atoms with E-state index in [9.17, 15) is 14.4 Å². The highest BCUT2D eigenvalue weighted by Crippen LogP contribution is 2.67. The summed E-state index contributed by atoms with van der Waals surface area (Å²) >= 11 is 3.31. The second-order valence-electron chi connectivity index (χ2n) is 9.20. The molecule has 0 radical (unpaired) electrons. The number of ether oxygens (including phenoxy) is 1. The van der Waals surface area contributed by atoms with Crippen LogP contribution in [-0.4, -0.2) is 29.0 Å². The molecule has 0 bridgehead atoms. The number of hydrogen-bond acceptors (Lipinski definition) is 4. The molecule has 0 saturated heterocycles. The first-order chi connectivity index (χ1) is 12.8. The Morgan fingerprint density at radius 2 is 2.00 bits per heavy atom. The largest absolute Gasteiger partial charge is 0.453 e. The monoisotopic (exact) mass is 434 g/mol. The van der Waals surface area contributed by atoms with E-state index in [0.717, 1.165) is 32.1 Å². The smallest absolute Gasteiger partial charge is 0.294 e. The molecule has 3 fully saturated rings. The van der Waals surface area contributed by atoms with E-state index in [1.807, 2.05) is 6.08 Å². The number of fused-ring (bicyclic) bond motifs is 5. The lowest BCUT2D eigenvalue weighted by Crippen LogP contribution is -2.58. The Hall–Kier alpha value is -1.23. The van der Waals surface area contributed by atoms with Gasteiger partial charge in [0.05, 0.1) is 5.33 Å². The average molecular weight is 435 g/mol. The first kappa shape index (κ1) is 19.1. The summed E-state index contributed by atoms with van der Waals surface area (Å²) in [6.45, 7) is 4.91. The van der Waals surface area contributed by atoms with Crippen molar-refractivity contribution in [2.45, 2.75) is 58.0 Å². The number of Topliss-reactive ketones (excluding diaryl/α,β-unsaturated/α-hetero) is 1. The molecule has 0 aromatic rings. The van der Waals surface area contributed by atoms with E-state index in [1.54, 1.807) is 6.08 Å². The van der Waals surface area contributed by atoms with E-state index >= 15 is 0 Å². The van der Waals surface area contributed by atoms with Crippen molar-refractivity contribution >= 4 is 34.0 Å². The zero-order valence-corrected chi connectivity index (χ0v) is 17.6. The minimum atomic E-state index is -0.997. The van der Waals surface area contributed by atoms with Crippen LogP contribution in [0.2, 0.25) is 0 Å². The number of hydrogen-bond donors (Lipinski definition) is 0. The van der Waals surface area contributed by atoms with Gasteiger partial charge in [0.1, 0.15) is 0 Å². The number of carbonyl (C=O) groups excluding carboxylic acids is 3. The molecule has 0 aromatic heterocycles. The van der Waals surface area contributed by atoms with Crippen LogP contribution in [-0.2, 0) is 19.1 Å². The first-order valence-corrected chi connectivity index (χ1v) is 11.1. The van der Waals surface area contributed by atoms with Crippen LogP contribution in [0.25, 0.3) is 0 Å². The van der Waals surface area contributed by atoms with Crippen molar-refractivity contribution in [2.75, 3.05) is 5.33 Å². The van der Waals surface area contributed by atoms with Crippen molar-refractivity contribution < 1.29 is 19.1 Å². The van der Waals surface area contributed by atoms with Gasteiger partial charge in [-0.25, -0.2) is 0 Å². The number of ketones is 2. The summed E-state index contributed by atoms with van der Waals surface area (Å²) in [5.74, 6) is 1.42. The SMILES string of the molecule is C[C@]12C=CC(=O)C=C1CC[C@@H]1[C@@H]2CC[C@@]2(C)[C@H]1CC[C@]2(OC=O)C(=O)CBr. The molecule has 0 aromatic carbocycles. The van der Waals surface area contributed by atoms with Crippen LogP contribution >= 0.6 is 15.9 Å². The van der Waals surface area contributed by atoms with Crippen molar-refractivity contribution in [1.29, 1.82) is 0 Å². The number of halogens is 1. The van der Waals surface area contributed by atoms with Gasteiger partial charge in [0.15, 0.2) is 17.2 Å². The Balaban J connectivity index is 1.71. The van der Waals surface area contributed by atoms with Gasteiger partial charge in [0.25, 0.3) is 6.47 Å². The third-order valence-electron chi connectivity index (χ3n) is 8.50. The van der Waals surface area contributed by atoms with Crippen LogP contribution in [0.4, 0.5) is 0 Å². The number of rotatable bonds is 4. The maximum atomic E-state index is 12.9. The Bertz CT molecular complexity index is 755. The second kappa shape index (κ2) is 6.40. The number of allylic oxidation sites excluding steroid dienone is 4. The molecule has 146 valence electrons. The molecule has 5 heteroatoms. The van der Waals surface area contributed by atoms with Crippen LogP contribution in [0.1, 0.15) is 52.4 Å². The minimum absolute atomic E-state index is 0.0104. The van der Waals surface area contributed by atoms with Crippen molar-refractivity contribution in [3.8, 4) is 0 Å². The molecule has 0 N–H and O–H groups in total. The predicted molar refractivity (Wildman–Crippen MR) is 105 cm³/mol. The molecule has 0 aliphatic heterocycles. The quantitative estimate of drug-likeness (QED) is 0.491. The fourth-order valence-electron chi connectivity index (χ4n) is 7.10. The molecular formula is C22H27BrO4. The molecule has 0 spiro atoms. The fraction of sp³-hybridized carbons (Fsp3) is 0.682. The normalized spacial score (nSPS) is 45.4. The molecule has 4 aliphatic rings. The third kappa shape index (κ3) is 2.43. The van der Waals surface area contributed by atoms with Gasteiger partial charge >= 0.3 is 0 Å². The maximum absolute atomic E-state index is 12.9. The van der Waals surface area contributed by atoms with Crippen LogP contribution < -0.4 is 0 Å². The van der Waals surface area contributed by atoms with Crippen LogP contribution in [0.15, 0.2) is 23.8 Å². The van der Waals surface area contributed by atoms with Crippen molar-refractivity contribution in [2.24, 2.45) is 28.6 Å². The Morgan fingerprint density at radius 1 is 1.26 bits per heavy atom. The van der Waals surface area contributed by atoms with E-state index in [1.165, 1.54) is 5.57 Å². The third-order valence-corrected chi connectivity index (χ3v) is 9.01. The first-order valence-electron chi connectivity index (χ1n) is 9.97. The molecule has 4 aliphatic carbocycles. The standard InChI is InChI=1S/C22H27BrO4/c1-20-8-5-15(25)11-14(20)3-4-16-17(20)6-9-21(2)18(16)7-10-22(21,27-13-24)19(26)12-23/h5,8,11,13,16-18H,3-4,6-7,9-10,12H2,1-2H3/t16-,17+,18+,20+,21+,22+/m1/s1. The van der Waals surface area contributed by atoms with Gasteiger partial charge in [0, 0.05) is 10.8 Å². The zero-order valence-electron chi connectivity index (χ0n) is 16.0. The van der Waals surface area contributed by atoms with Crippen LogP contribution in [0.5, 0.6) is 0 Å². The van der Waals surface area contributed by atoms with Gasteiger partial charge in [-0.2, -0.15) is 0 Å². The van der Waals surface area contributed by atoms with E-state index in [4.69, 9.17) is 4.74 Å². The molecule has 0 heterocycles. The Kier molecular flexibility index (Phi) is 4.53. The van der Waals surface area contributed by atoms with E-state index < -0.39 is 5.60 Å². The van der Waals surface area contributed by atoms with Gasteiger partial charge in [0.2, 0.25) is 0 Å². The van der Waals surface area contributed by atoms with Gasteiger partial charge in [-0.15, -0.1) is 0 Å². The van der Waals surface area contributed by atoms with E-state index in [0.29, 0.717) is 30.6 Å². The Morgan fingerprint density at radius 3 is 2.70 bits per heavy atom. The van der Waals surface area contributed by atoms with Crippen LogP contribution in [0.3, 0.4) is 0 Å². The topological polar surface area (TPSA) is 60.4 Å². The Labute approximate surface area is 168 Å². The molecule has 27 heavy (non-hydrogen) atoms. The average Bonchev–Trinajstić information content (AvgIpc) is 2.95. The fourth-order valence-corrected chi connectivity index (χ4v) is 7.56. The lowest BCUT2D eigenvalue weighted by molar-refractivity contribution is -0.177. The molecule has 0 unspecified atom stereocenters. The molecule has 4 nitrogen and oxygen atoms in total. The highest BCUT2D eigenvalue weighted by Gasteiger charge is 2.67. The summed E-state index contributed by atoms with van der Waals surface area (Å²) in [6.07, 6.45) is 11.1. The van der Waals surface area contributed by atoms with Crippen molar-refractivity contribution in [1.82, 2.24) is 0 Å². The molecule has 0 amide bonds. The number of alkyl halides is 1. The predicted octanol–water partition coefficient (Wildman–Crippen LogP) is 4.17.